The number of nitrogens with zero attached hydrogens (tertiary/aromatic N) is 3. The number of hydrogen-bond donors (Lipinski definition) is 2. The molecule has 3 aromatic rings. The third-order valence-electron chi connectivity index (χ3n) is 7.67. The van der Waals surface area contributed by atoms with Crippen LogP contribution in [0.5, 0.6) is 11.5 Å². The summed E-state index contributed by atoms with van der Waals surface area (Å²) in [4.78, 5) is 36.7. The number of carbonyl (C=O) groups is 2. The number of aromatic nitrogens is 1. The highest BCUT2D eigenvalue weighted by Gasteiger charge is 2.60. The molecule has 1 saturated heterocycles. The van der Waals surface area contributed by atoms with Gasteiger partial charge in [-0.1, -0.05) is 26.0 Å². The van der Waals surface area contributed by atoms with Crippen LogP contribution < -0.4 is 4.74 Å². The number of fused-ring (bicyclic) bond motifs is 4. The standard InChI is InChI=1S/C28H34N4O4/c1-5-30(6-2)13-14-31-26(34)28(4)17-22-21-16-20(36-7-3)11-12-23(21)29-24(22)25(32(28)27(31)35)18-9-8-10-19(33)15-18/h8-12,15-16,25,29,33H,5-7,13-14,17H2,1-4H3. The summed E-state index contributed by atoms with van der Waals surface area (Å²) in [5, 5.41) is 11.3. The summed E-state index contributed by atoms with van der Waals surface area (Å²) in [5.41, 5.74) is 2.52. The van der Waals surface area contributed by atoms with Crippen LogP contribution in [0.4, 0.5) is 4.79 Å². The van der Waals surface area contributed by atoms with E-state index in [0.29, 0.717) is 26.1 Å². The molecule has 1 fully saturated rings. The predicted molar refractivity (Wildman–Crippen MR) is 138 cm³/mol. The number of hydrogen-bond acceptors (Lipinski definition) is 5. The lowest BCUT2D eigenvalue weighted by Gasteiger charge is -2.42. The summed E-state index contributed by atoms with van der Waals surface area (Å²) in [6.07, 6.45) is 0.402. The minimum absolute atomic E-state index is 0.118. The Labute approximate surface area is 211 Å². The van der Waals surface area contributed by atoms with Gasteiger partial charge in [-0.2, -0.15) is 0 Å². The number of benzene rings is 2. The zero-order valence-electron chi connectivity index (χ0n) is 21.4. The molecule has 0 radical (unpaired) electrons. The Kier molecular flexibility index (Phi) is 6.16. The van der Waals surface area contributed by atoms with Crippen molar-refractivity contribution in [1.29, 1.82) is 0 Å². The van der Waals surface area contributed by atoms with Crippen molar-refractivity contribution < 1.29 is 19.4 Å². The number of imide groups is 1. The molecule has 2 unspecified atom stereocenters. The van der Waals surface area contributed by atoms with Crippen LogP contribution in [0.15, 0.2) is 42.5 Å². The van der Waals surface area contributed by atoms with Crippen molar-refractivity contribution in [3.63, 3.8) is 0 Å². The summed E-state index contributed by atoms with van der Waals surface area (Å²) >= 11 is 0. The zero-order valence-corrected chi connectivity index (χ0v) is 21.4. The van der Waals surface area contributed by atoms with Crippen LogP contribution in [-0.2, 0) is 11.2 Å². The van der Waals surface area contributed by atoms with E-state index in [1.165, 1.54) is 4.90 Å². The van der Waals surface area contributed by atoms with Gasteiger partial charge in [0.2, 0.25) is 0 Å². The van der Waals surface area contributed by atoms with Crippen molar-refractivity contribution in [1.82, 2.24) is 19.7 Å². The minimum atomic E-state index is -1.04. The van der Waals surface area contributed by atoms with Crippen LogP contribution in [0.2, 0.25) is 0 Å². The van der Waals surface area contributed by atoms with Gasteiger partial charge in [0.05, 0.1) is 6.61 Å². The highest BCUT2D eigenvalue weighted by Crippen LogP contribution is 2.49. The monoisotopic (exact) mass is 490 g/mol. The normalized spacial score (nSPS) is 21.4. The topological polar surface area (TPSA) is 89.1 Å². The number of urea groups is 1. The molecule has 0 spiro atoms. The number of amides is 3. The first-order chi connectivity index (χ1) is 17.3. The lowest BCUT2D eigenvalue weighted by Crippen LogP contribution is -2.53. The molecule has 8 nitrogen and oxygen atoms in total. The van der Waals surface area contributed by atoms with E-state index in [4.69, 9.17) is 4.74 Å². The molecule has 8 heteroatoms. The molecule has 2 N–H and O–H groups in total. The fraction of sp³-hybridized carbons (Fsp3) is 0.429. The Hall–Kier alpha value is -3.52. The van der Waals surface area contributed by atoms with Gasteiger partial charge in [0, 0.05) is 36.1 Å². The fourth-order valence-corrected chi connectivity index (χ4v) is 5.77. The molecule has 2 aliphatic rings. The van der Waals surface area contributed by atoms with Crippen LogP contribution in [0.3, 0.4) is 0 Å². The Balaban J connectivity index is 1.65. The third-order valence-corrected chi connectivity index (χ3v) is 7.67. The van der Waals surface area contributed by atoms with Crippen molar-refractivity contribution in [2.75, 3.05) is 32.8 Å². The first kappa shape index (κ1) is 24.2. The Morgan fingerprint density at radius 3 is 2.61 bits per heavy atom. The number of phenolic OH excluding ortho intramolecular Hbond substituents is 1. The fourth-order valence-electron chi connectivity index (χ4n) is 5.77. The molecule has 2 atom stereocenters. The average molecular weight is 491 g/mol. The zero-order chi connectivity index (χ0) is 25.6. The maximum atomic E-state index is 13.9. The van der Waals surface area contributed by atoms with Crippen LogP contribution in [0, 0.1) is 0 Å². The van der Waals surface area contributed by atoms with Gasteiger partial charge in [0.1, 0.15) is 23.1 Å². The summed E-state index contributed by atoms with van der Waals surface area (Å²) < 4.78 is 5.75. The van der Waals surface area contributed by atoms with Gasteiger partial charge in [-0.3, -0.25) is 14.6 Å². The smallest absolute Gasteiger partial charge is 0.328 e. The van der Waals surface area contributed by atoms with Crippen LogP contribution in [0.1, 0.15) is 50.6 Å². The van der Waals surface area contributed by atoms with E-state index in [0.717, 1.165) is 46.6 Å². The number of aromatic hydroxyl groups is 1. The summed E-state index contributed by atoms with van der Waals surface area (Å²) in [5.74, 6) is 0.709. The van der Waals surface area contributed by atoms with Gasteiger partial charge in [0.25, 0.3) is 5.91 Å². The molecule has 0 saturated carbocycles. The first-order valence-corrected chi connectivity index (χ1v) is 12.8. The van der Waals surface area contributed by atoms with Gasteiger partial charge in [-0.05, 0) is 68.4 Å². The SMILES string of the molecule is CCOc1ccc2[nH]c3c(c2c1)CC1(C)C(=O)N(CCN(CC)CC)C(=O)N1C3c1cccc(O)c1. The lowest BCUT2D eigenvalue weighted by atomic mass is 9.81. The van der Waals surface area contributed by atoms with Crippen molar-refractivity contribution in [3.8, 4) is 11.5 Å². The second-order valence-corrected chi connectivity index (χ2v) is 9.74. The average Bonchev–Trinajstić information content (AvgIpc) is 3.30. The molecule has 1 aromatic heterocycles. The van der Waals surface area contributed by atoms with E-state index >= 15 is 0 Å². The van der Waals surface area contributed by atoms with E-state index in [9.17, 15) is 14.7 Å². The maximum absolute atomic E-state index is 13.9. The van der Waals surface area contributed by atoms with Gasteiger partial charge in [-0.25, -0.2) is 4.79 Å². The molecular weight excluding hydrogens is 456 g/mol. The Bertz CT molecular complexity index is 1310. The van der Waals surface area contributed by atoms with Gasteiger partial charge in [0.15, 0.2) is 0 Å². The number of phenols is 1. The summed E-state index contributed by atoms with van der Waals surface area (Å²) in [7, 11) is 0. The molecular formula is C28H34N4O4. The second-order valence-electron chi connectivity index (χ2n) is 9.74. The van der Waals surface area contributed by atoms with Gasteiger partial charge in [-0.15, -0.1) is 0 Å². The highest BCUT2D eigenvalue weighted by molar-refractivity contribution is 6.08. The molecule has 3 amide bonds. The minimum Gasteiger partial charge on any atom is -0.508 e. The van der Waals surface area contributed by atoms with Crippen LogP contribution >= 0.6 is 0 Å². The quantitative estimate of drug-likeness (QED) is 0.460. The Morgan fingerprint density at radius 2 is 1.92 bits per heavy atom. The molecule has 3 heterocycles. The number of nitrogens with one attached hydrogen (secondary N) is 1. The third kappa shape index (κ3) is 3.71. The van der Waals surface area contributed by atoms with E-state index < -0.39 is 11.6 Å². The molecule has 36 heavy (non-hydrogen) atoms. The molecule has 2 aromatic carbocycles. The summed E-state index contributed by atoms with van der Waals surface area (Å²) in [6, 6.07) is 12.0. The Morgan fingerprint density at radius 1 is 1.14 bits per heavy atom. The van der Waals surface area contributed by atoms with E-state index in [1.807, 2.05) is 38.1 Å². The van der Waals surface area contributed by atoms with E-state index in [1.54, 1.807) is 23.1 Å². The molecule has 2 aliphatic heterocycles. The van der Waals surface area contributed by atoms with Crippen molar-refractivity contribution in [3.05, 3.63) is 59.3 Å². The first-order valence-electron chi connectivity index (χ1n) is 12.8. The largest absolute Gasteiger partial charge is 0.508 e. The number of rotatable bonds is 8. The van der Waals surface area contributed by atoms with Crippen LogP contribution in [0.25, 0.3) is 10.9 Å². The number of carbonyl (C=O) groups excluding carboxylic acids is 2. The van der Waals surface area contributed by atoms with Gasteiger partial charge >= 0.3 is 6.03 Å². The van der Waals surface area contributed by atoms with E-state index in [2.05, 4.69) is 23.7 Å². The number of ether oxygens (including phenoxy) is 1. The predicted octanol–water partition coefficient (Wildman–Crippen LogP) is 4.28. The van der Waals surface area contributed by atoms with E-state index in [-0.39, 0.29) is 17.7 Å². The molecule has 0 bridgehead atoms. The maximum Gasteiger partial charge on any atom is 0.328 e. The summed E-state index contributed by atoms with van der Waals surface area (Å²) in [6.45, 7) is 11.2. The molecule has 5 rings (SSSR count). The lowest BCUT2D eigenvalue weighted by molar-refractivity contribution is -0.133. The van der Waals surface area contributed by atoms with Crippen molar-refractivity contribution in [2.24, 2.45) is 0 Å². The molecule has 190 valence electrons. The number of likely N-dealkylation sites (N-methyl/N-ethyl adjacent to an activating group) is 1. The van der Waals surface area contributed by atoms with Crippen LogP contribution in [-0.4, -0.2) is 75.1 Å². The van der Waals surface area contributed by atoms with Gasteiger partial charge < -0.3 is 19.7 Å². The number of H-pyrrole nitrogens is 1. The second kappa shape index (κ2) is 9.17. The number of aromatic amines is 1. The molecule has 0 aliphatic carbocycles. The van der Waals surface area contributed by atoms with Crippen molar-refractivity contribution in [2.45, 2.75) is 45.7 Å². The highest BCUT2D eigenvalue weighted by atomic mass is 16.5. The van der Waals surface area contributed by atoms with Crippen molar-refractivity contribution >= 4 is 22.8 Å².